The molecule has 2 aromatic heterocycles. The van der Waals surface area contributed by atoms with Crippen LogP contribution in [-0.2, 0) is 17.8 Å². The monoisotopic (exact) mass is 545 g/mol. The van der Waals surface area contributed by atoms with Gasteiger partial charge in [-0.25, -0.2) is 4.98 Å². The highest BCUT2D eigenvalue weighted by Crippen LogP contribution is 2.36. The van der Waals surface area contributed by atoms with E-state index in [0.29, 0.717) is 51.2 Å². The van der Waals surface area contributed by atoms with E-state index in [1.165, 1.54) is 28.0 Å². The van der Waals surface area contributed by atoms with Crippen molar-refractivity contribution in [3.05, 3.63) is 86.0 Å². The molecule has 0 spiro atoms. The maximum atomic E-state index is 14.1. The topological polar surface area (TPSA) is 81.5 Å². The molecule has 2 aliphatic heterocycles. The van der Waals surface area contributed by atoms with Crippen LogP contribution in [0.15, 0.2) is 58.5 Å². The Balaban J connectivity index is 1.37. The van der Waals surface area contributed by atoms with Gasteiger partial charge < -0.3 is 4.74 Å². The van der Waals surface area contributed by atoms with Crippen molar-refractivity contribution in [3.63, 3.8) is 0 Å². The van der Waals surface area contributed by atoms with Gasteiger partial charge in [-0.05, 0) is 48.2 Å². The SMILES string of the molecule is Cc1cccc(-n2c(SCCN3C(=O)c4ccccc4C3=O)nc3sc4c(c3c2=O)CC(C(C)C)OC4)c1. The van der Waals surface area contributed by atoms with Crippen LogP contribution in [0.25, 0.3) is 15.9 Å². The first-order valence-corrected chi connectivity index (χ1v) is 14.5. The maximum absolute atomic E-state index is 14.1. The van der Waals surface area contributed by atoms with Crippen molar-refractivity contribution in [2.45, 2.75) is 45.1 Å². The second kappa shape index (κ2) is 9.80. The predicted octanol–water partition coefficient (Wildman–Crippen LogP) is 5.24. The normalized spacial score (nSPS) is 16.9. The van der Waals surface area contributed by atoms with Gasteiger partial charge in [0.25, 0.3) is 17.4 Å². The first-order valence-electron chi connectivity index (χ1n) is 12.7. The highest BCUT2D eigenvalue weighted by Gasteiger charge is 2.35. The van der Waals surface area contributed by atoms with Gasteiger partial charge in [0, 0.05) is 23.6 Å². The number of fused-ring (bicyclic) bond motifs is 4. The number of aromatic nitrogens is 2. The first-order chi connectivity index (χ1) is 18.3. The molecule has 4 heterocycles. The van der Waals surface area contributed by atoms with E-state index in [1.54, 1.807) is 28.8 Å². The van der Waals surface area contributed by atoms with E-state index >= 15 is 0 Å². The number of hydrogen-bond donors (Lipinski definition) is 0. The Kier molecular flexibility index (Phi) is 6.45. The van der Waals surface area contributed by atoms with E-state index < -0.39 is 0 Å². The molecule has 0 bridgehead atoms. The molecule has 1 atom stereocenters. The van der Waals surface area contributed by atoms with E-state index in [9.17, 15) is 14.4 Å². The van der Waals surface area contributed by atoms with Crippen LogP contribution in [0.4, 0.5) is 0 Å². The molecule has 0 saturated carbocycles. The van der Waals surface area contributed by atoms with Crippen LogP contribution in [-0.4, -0.2) is 44.7 Å². The average Bonchev–Trinajstić information content (AvgIpc) is 3.39. The van der Waals surface area contributed by atoms with Crippen molar-refractivity contribution in [1.29, 1.82) is 0 Å². The number of thiophene rings is 1. The molecule has 0 saturated heterocycles. The summed E-state index contributed by atoms with van der Waals surface area (Å²) in [4.78, 5) is 47.7. The van der Waals surface area contributed by atoms with Crippen LogP contribution in [0.5, 0.6) is 0 Å². The number of hydrogen-bond acceptors (Lipinski definition) is 7. The Morgan fingerprint density at radius 1 is 1.08 bits per heavy atom. The van der Waals surface area contributed by atoms with Crippen LogP contribution in [0.1, 0.15) is 50.6 Å². The second-order valence-electron chi connectivity index (χ2n) is 10.0. The molecule has 0 fully saturated rings. The number of carbonyl (C=O) groups is 2. The highest BCUT2D eigenvalue weighted by molar-refractivity contribution is 7.99. The standard InChI is InChI=1S/C29H27N3O4S2/c1-16(2)22-14-21-23(15-36-22)38-25-24(21)28(35)32(18-8-6-7-17(3)13-18)29(30-25)37-12-11-31-26(33)19-9-4-5-10-20(19)27(31)34/h4-10,13,16,22H,11-12,14-15H2,1-3H3. The third-order valence-electron chi connectivity index (χ3n) is 7.14. The summed E-state index contributed by atoms with van der Waals surface area (Å²) in [6.07, 6.45) is 0.769. The van der Waals surface area contributed by atoms with Gasteiger partial charge in [-0.15, -0.1) is 11.3 Å². The number of rotatable bonds is 6. The number of amides is 2. The zero-order valence-electron chi connectivity index (χ0n) is 21.4. The summed E-state index contributed by atoms with van der Waals surface area (Å²) in [6.45, 7) is 6.98. The van der Waals surface area contributed by atoms with E-state index in [0.717, 1.165) is 21.7 Å². The molecule has 38 heavy (non-hydrogen) atoms. The molecular formula is C29H27N3O4S2. The van der Waals surface area contributed by atoms with E-state index in [-0.39, 0.29) is 30.0 Å². The van der Waals surface area contributed by atoms with Crippen LogP contribution < -0.4 is 5.56 Å². The lowest BCUT2D eigenvalue weighted by Gasteiger charge is -2.26. The van der Waals surface area contributed by atoms with Gasteiger partial charge in [-0.1, -0.05) is 49.9 Å². The lowest BCUT2D eigenvalue weighted by molar-refractivity contribution is 0.00200. The van der Waals surface area contributed by atoms with Crippen LogP contribution in [0, 0.1) is 12.8 Å². The summed E-state index contributed by atoms with van der Waals surface area (Å²) in [6, 6.07) is 14.7. The summed E-state index contributed by atoms with van der Waals surface area (Å²) in [5.74, 6) is 0.202. The fourth-order valence-corrected chi connectivity index (χ4v) is 7.20. The molecule has 4 aromatic rings. The molecule has 2 aromatic carbocycles. The van der Waals surface area contributed by atoms with Crippen molar-refractivity contribution in [1.82, 2.24) is 14.5 Å². The Bertz CT molecular complexity index is 1620. The molecule has 0 N–H and O–H groups in total. The molecule has 1 unspecified atom stereocenters. The Labute approximate surface area is 228 Å². The van der Waals surface area contributed by atoms with Crippen LogP contribution >= 0.6 is 23.1 Å². The molecule has 194 valence electrons. The Morgan fingerprint density at radius 3 is 2.50 bits per heavy atom. The summed E-state index contributed by atoms with van der Waals surface area (Å²) in [5, 5.41) is 1.22. The van der Waals surface area contributed by atoms with Crippen molar-refractivity contribution in [2.75, 3.05) is 12.3 Å². The minimum Gasteiger partial charge on any atom is -0.372 e. The van der Waals surface area contributed by atoms with Gasteiger partial charge >= 0.3 is 0 Å². The van der Waals surface area contributed by atoms with Crippen molar-refractivity contribution in [2.24, 2.45) is 5.92 Å². The van der Waals surface area contributed by atoms with Gasteiger partial charge in [0.05, 0.1) is 34.9 Å². The summed E-state index contributed by atoms with van der Waals surface area (Å²) in [5.41, 5.74) is 3.62. The van der Waals surface area contributed by atoms with Crippen molar-refractivity contribution >= 4 is 45.1 Å². The van der Waals surface area contributed by atoms with Crippen LogP contribution in [0.3, 0.4) is 0 Å². The molecule has 2 aliphatic rings. The zero-order valence-corrected chi connectivity index (χ0v) is 23.0. The average molecular weight is 546 g/mol. The van der Waals surface area contributed by atoms with Crippen LogP contribution in [0.2, 0.25) is 0 Å². The quantitative estimate of drug-likeness (QED) is 0.187. The molecule has 0 aliphatic carbocycles. The first kappa shape index (κ1) is 25.0. The molecule has 7 nitrogen and oxygen atoms in total. The molecular weight excluding hydrogens is 518 g/mol. The fourth-order valence-electron chi connectivity index (χ4n) is 5.10. The zero-order chi connectivity index (χ0) is 26.6. The van der Waals surface area contributed by atoms with Gasteiger partial charge in [-0.3, -0.25) is 23.9 Å². The van der Waals surface area contributed by atoms with E-state index in [2.05, 4.69) is 13.8 Å². The largest absolute Gasteiger partial charge is 0.372 e. The number of ether oxygens (including phenoxy) is 1. The van der Waals surface area contributed by atoms with Gasteiger partial charge in [-0.2, -0.15) is 0 Å². The third kappa shape index (κ3) is 4.19. The minimum atomic E-state index is -0.281. The maximum Gasteiger partial charge on any atom is 0.267 e. The van der Waals surface area contributed by atoms with Gasteiger partial charge in [0.2, 0.25) is 0 Å². The predicted molar refractivity (Wildman–Crippen MR) is 150 cm³/mol. The van der Waals surface area contributed by atoms with E-state index in [4.69, 9.17) is 9.72 Å². The fraction of sp³-hybridized carbons (Fsp3) is 0.310. The highest BCUT2D eigenvalue weighted by atomic mass is 32.2. The molecule has 2 amide bonds. The Hall–Kier alpha value is -3.27. The summed E-state index contributed by atoms with van der Waals surface area (Å²) in [7, 11) is 0. The lowest BCUT2D eigenvalue weighted by Crippen LogP contribution is -2.32. The Morgan fingerprint density at radius 2 is 1.82 bits per heavy atom. The molecule has 6 rings (SSSR count). The van der Waals surface area contributed by atoms with Crippen molar-refractivity contribution in [3.8, 4) is 5.69 Å². The summed E-state index contributed by atoms with van der Waals surface area (Å²) < 4.78 is 7.74. The summed E-state index contributed by atoms with van der Waals surface area (Å²) >= 11 is 2.90. The van der Waals surface area contributed by atoms with Gasteiger partial charge in [0.1, 0.15) is 4.83 Å². The number of nitrogens with zero attached hydrogens (tertiary/aromatic N) is 3. The van der Waals surface area contributed by atoms with Crippen molar-refractivity contribution < 1.29 is 14.3 Å². The smallest absolute Gasteiger partial charge is 0.267 e. The molecule has 9 heteroatoms. The number of carbonyl (C=O) groups excluding carboxylic acids is 2. The van der Waals surface area contributed by atoms with E-state index in [1.807, 2.05) is 31.2 Å². The second-order valence-corrected chi connectivity index (χ2v) is 12.2. The number of aryl methyl sites for hydroxylation is 1. The minimum absolute atomic E-state index is 0.0702. The number of thioether (sulfide) groups is 1. The molecule has 0 radical (unpaired) electrons. The lowest BCUT2D eigenvalue weighted by atomic mass is 9.96. The number of benzene rings is 2. The van der Waals surface area contributed by atoms with Gasteiger partial charge in [0.15, 0.2) is 5.16 Å². The number of imide groups is 1. The third-order valence-corrected chi connectivity index (χ3v) is 9.16.